The van der Waals surface area contributed by atoms with Crippen LogP contribution in [0, 0.1) is 0 Å². The van der Waals surface area contributed by atoms with Gasteiger partial charge in [0.25, 0.3) is 5.91 Å². The van der Waals surface area contributed by atoms with Crippen LogP contribution in [-0.2, 0) is 20.7 Å². The first-order valence-electron chi connectivity index (χ1n) is 9.86. The van der Waals surface area contributed by atoms with Gasteiger partial charge in [0.2, 0.25) is 0 Å². The van der Waals surface area contributed by atoms with E-state index in [0.717, 1.165) is 38.5 Å². The Morgan fingerprint density at radius 3 is 2.36 bits per heavy atom. The monoisotopic (exact) mass is 388 g/mol. The number of Topliss-reactive ketones (excluding diaryl/α,β-unsaturated/α-hetero) is 1. The van der Waals surface area contributed by atoms with E-state index in [1.54, 1.807) is 12.1 Å². The largest absolute Gasteiger partial charge is 0.456 e. The Balaban J connectivity index is 1.63. The third-order valence-electron chi connectivity index (χ3n) is 4.68. The highest BCUT2D eigenvalue weighted by Gasteiger charge is 2.19. The van der Waals surface area contributed by atoms with Gasteiger partial charge in [-0.05, 0) is 24.8 Å². The number of amides is 3. The molecule has 0 aliphatic heterocycles. The highest BCUT2D eigenvalue weighted by molar-refractivity contribution is 5.98. The van der Waals surface area contributed by atoms with E-state index in [1.807, 2.05) is 12.1 Å². The minimum Gasteiger partial charge on any atom is -0.456 e. The number of urea groups is 1. The molecule has 0 aromatic heterocycles. The average molecular weight is 388 g/mol. The molecule has 0 heterocycles. The van der Waals surface area contributed by atoms with E-state index in [2.05, 4.69) is 17.6 Å². The molecule has 2 rings (SSSR count). The maximum absolute atomic E-state index is 12.1. The number of ether oxygens (including phenoxy) is 1. The summed E-state index contributed by atoms with van der Waals surface area (Å²) in [4.78, 5) is 47.2. The number of ketones is 1. The van der Waals surface area contributed by atoms with E-state index in [0.29, 0.717) is 5.56 Å². The zero-order valence-corrected chi connectivity index (χ0v) is 16.3. The van der Waals surface area contributed by atoms with Gasteiger partial charge in [0.05, 0.1) is 6.42 Å². The van der Waals surface area contributed by atoms with Crippen LogP contribution in [0.1, 0.15) is 67.8 Å². The lowest BCUT2D eigenvalue weighted by atomic mass is 10.0. The van der Waals surface area contributed by atoms with Crippen LogP contribution in [0.25, 0.3) is 0 Å². The van der Waals surface area contributed by atoms with Crippen LogP contribution in [0.2, 0.25) is 0 Å². The van der Waals surface area contributed by atoms with Crippen molar-refractivity contribution in [1.29, 1.82) is 0 Å². The van der Waals surface area contributed by atoms with Gasteiger partial charge >= 0.3 is 12.0 Å². The molecule has 0 atom stereocenters. The number of benzene rings is 1. The summed E-state index contributed by atoms with van der Waals surface area (Å²) in [5.41, 5.74) is 1.72. The van der Waals surface area contributed by atoms with Crippen molar-refractivity contribution in [3.8, 4) is 0 Å². The van der Waals surface area contributed by atoms with Crippen LogP contribution in [0.3, 0.4) is 0 Å². The second-order valence-electron chi connectivity index (χ2n) is 7.03. The maximum Gasteiger partial charge on any atom is 0.321 e. The zero-order chi connectivity index (χ0) is 20.4. The molecular formula is C21H28N2O5. The van der Waals surface area contributed by atoms with Crippen LogP contribution in [-0.4, -0.2) is 36.3 Å². The zero-order valence-electron chi connectivity index (χ0n) is 16.3. The summed E-state index contributed by atoms with van der Waals surface area (Å²) in [6.45, 7) is 1.55. The Morgan fingerprint density at radius 2 is 1.71 bits per heavy atom. The normalized spacial score (nSPS) is 13.8. The first kappa shape index (κ1) is 21.6. The molecular weight excluding hydrogens is 360 g/mol. The molecule has 1 saturated carbocycles. The molecule has 3 amide bonds. The highest BCUT2D eigenvalue weighted by Crippen LogP contribution is 2.17. The van der Waals surface area contributed by atoms with Crippen molar-refractivity contribution in [3.05, 3.63) is 35.4 Å². The number of hydrogen-bond acceptors (Lipinski definition) is 5. The molecule has 1 fully saturated rings. The predicted molar refractivity (Wildman–Crippen MR) is 104 cm³/mol. The van der Waals surface area contributed by atoms with Crippen LogP contribution in [0.4, 0.5) is 4.79 Å². The van der Waals surface area contributed by atoms with Gasteiger partial charge in [0.15, 0.2) is 12.4 Å². The minimum atomic E-state index is -0.693. The number of carbonyl (C=O) groups excluding carboxylic acids is 4. The fraction of sp³-hybridized carbons (Fsp3) is 0.524. The van der Waals surface area contributed by atoms with Gasteiger partial charge in [-0.3, -0.25) is 19.7 Å². The van der Waals surface area contributed by atoms with Crippen molar-refractivity contribution in [2.75, 3.05) is 6.61 Å². The van der Waals surface area contributed by atoms with E-state index < -0.39 is 24.5 Å². The maximum atomic E-state index is 12.1. The molecule has 7 heteroatoms. The Bertz CT molecular complexity index is 693. The molecule has 0 bridgehead atoms. The Kier molecular flexibility index (Phi) is 8.65. The molecule has 1 aliphatic carbocycles. The number of nitrogens with one attached hydrogen (secondary N) is 2. The topological polar surface area (TPSA) is 102 Å². The van der Waals surface area contributed by atoms with E-state index in [1.165, 1.54) is 5.56 Å². The minimum absolute atomic E-state index is 0.00967. The van der Waals surface area contributed by atoms with Gasteiger partial charge < -0.3 is 10.1 Å². The number of rotatable bonds is 9. The molecule has 0 radical (unpaired) electrons. The van der Waals surface area contributed by atoms with Crippen molar-refractivity contribution in [1.82, 2.24) is 10.6 Å². The standard InChI is InChI=1S/C21H28N2O5/c1-2-5-15-8-10-16(11-9-15)18(24)12-13-20(26)28-14-19(25)23-21(27)22-17-6-3-4-7-17/h8-11,17H,2-7,12-14H2,1H3,(H2,22,23,25,27). The predicted octanol–water partition coefficient (Wildman–Crippen LogP) is 2.91. The smallest absolute Gasteiger partial charge is 0.321 e. The van der Waals surface area contributed by atoms with Crippen LogP contribution < -0.4 is 10.6 Å². The van der Waals surface area contributed by atoms with Crippen molar-refractivity contribution < 1.29 is 23.9 Å². The first-order chi connectivity index (χ1) is 13.5. The lowest BCUT2D eigenvalue weighted by molar-refractivity contribution is -0.148. The second kappa shape index (κ2) is 11.2. The van der Waals surface area contributed by atoms with Crippen LogP contribution in [0.5, 0.6) is 0 Å². The first-order valence-corrected chi connectivity index (χ1v) is 9.86. The van der Waals surface area contributed by atoms with Crippen LogP contribution >= 0.6 is 0 Å². The van der Waals surface area contributed by atoms with Crippen molar-refractivity contribution >= 4 is 23.7 Å². The molecule has 1 aromatic carbocycles. The van der Waals surface area contributed by atoms with Crippen molar-refractivity contribution in [2.24, 2.45) is 0 Å². The Hall–Kier alpha value is -2.70. The quantitative estimate of drug-likeness (QED) is 0.500. The van der Waals surface area contributed by atoms with E-state index in [4.69, 9.17) is 4.74 Å². The van der Waals surface area contributed by atoms with E-state index in [9.17, 15) is 19.2 Å². The third kappa shape index (κ3) is 7.50. The van der Waals surface area contributed by atoms with Gasteiger partial charge in [-0.15, -0.1) is 0 Å². The molecule has 0 saturated heterocycles. The average Bonchev–Trinajstić information content (AvgIpc) is 3.18. The molecule has 1 aliphatic rings. The molecule has 152 valence electrons. The summed E-state index contributed by atoms with van der Waals surface area (Å²) in [5, 5.41) is 4.85. The summed E-state index contributed by atoms with van der Waals surface area (Å²) in [6, 6.07) is 6.86. The summed E-state index contributed by atoms with van der Waals surface area (Å²) in [5.74, 6) is -1.50. The Morgan fingerprint density at radius 1 is 1.04 bits per heavy atom. The number of hydrogen-bond donors (Lipinski definition) is 2. The molecule has 2 N–H and O–H groups in total. The summed E-state index contributed by atoms with van der Waals surface area (Å²) < 4.78 is 4.83. The van der Waals surface area contributed by atoms with Gasteiger partial charge in [-0.2, -0.15) is 0 Å². The summed E-state index contributed by atoms with van der Waals surface area (Å²) in [7, 11) is 0. The third-order valence-corrected chi connectivity index (χ3v) is 4.68. The molecule has 28 heavy (non-hydrogen) atoms. The molecule has 7 nitrogen and oxygen atoms in total. The molecule has 0 spiro atoms. The highest BCUT2D eigenvalue weighted by atomic mass is 16.5. The molecule has 0 unspecified atom stereocenters. The van der Waals surface area contributed by atoms with Crippen molar-refractivity contribution in [3.63, 3.8) is 0 Å². The number of carbonyl (C=O) groups is 4. The van der Waals surface area contributed by atoms with Gasteiger partial charge in [0, 0.05) is 18.0 Å². The fourth-order valence-corrected chi connectivity index (χ4v) is 3.18. The van der Waals surface area contributed by atoms with Gasteiger partial charge in [-0.25, -0.2) is 4.79 Å². The van der Waals surface area contributed by atoms with Crippen LogP contribution in [0.15, 0.2) is 24.3 Å². The SMILES string of the molecule is CCCc1ccc(C(=O)CCC(=O)OCC(=O)NC(=O)NC2CCCC2)cc1. The van der Waals surface area contributed by atoms with E-state index >= 15 is 0 Å². The fourth-order valence-electron chi connectivity index (χ4n) is 3.18. The van der Waals surface area contributed by atoms with Gasteiger partial charge in [-0.1, -0.05) is 50.5 Å². The van der Waals surface area contributed by atoms with Crippen molar-refractivity contribution in [2.45, 2.75) is 64.3 Å². The number of esters is 1. The molecule has 1 aromatic rings. The Labute approximate surface area is 165 Å². The second-order valence-corrected chi connectivity index (χ2v) is 7.03. The lowest BCUT2D eigenvalue weighted by Gasteiger charge is -2.12. The number of imide groups is 1. The van der Waals surface area contributed by atoms with E-state index in [-0.39, 0.29) is 24.7 Å². The lowest BCUT2D eigenvalue weighted by Crippen LogP contribution is -2.45. The summed E-state index contributed by atoms with van der Waals surface area (Å²) in [6.07, 6.45) is 5.84. The summed E-state index contributed by atoms with van der Waals surface area (Å²) >= 11 is 0. The number of aryl methyl sites for hydroxylation is 1. The van der Waals surface area contributed by atoms with Gasteiger partial charge in [0.1, 0.15) is 0 Å².